The van der Waals surface area contributed by atoms with E-state index in [1.165, 1.54) is 5.56 Å². The third kappa shape index (κ3) is 3.12. The molecular weight excluding hydrogens is 340 g/mol. The molecule has 0 spiro atoms. The number of nitrogens with zero attached hydrogens (tertiary/aromatic N) is 1. The molecule has 2 aromatic carbocycles. The number of fused-ring (bicyclic) bond motifs is 1. The van der Waals surface area contributed by atoms with Gasteiger partial charge in [0.25, 0.3) is 0 Å². The minimum absolute atomic E-state index is 0.0538. The molecule has 112 valence electrons. The molecule has 1 aliphatic heterocycles. The van der Waals surface area contributed by atoms with Crippen LogP contribution >= 0.6 is 15.9 Å². The number of amides is 1. The van der Waals surface area contributed by atoms with Crippen molar-refractivity contribution in [3.05, 3.63) is 63.6 Å². The van der Waals surface area contributed by atoms with Crippen LogP contribution in [0.5, 0.6) is 0 Å². The second-order valence-corrected chi connectivity index (χ2v) is 6.52. The Labute approximate surface area is 138 Å². The standard InChI is InChI=1S/C18H17BrN2O/c1-11-4-3-5-13(8-11)9-17-18(22)21-16-7-6-14(19)10-15(16)12(2)20-17/h3-8,10,17H,9H2,1-2H3,(H,21,22). The molecule has 0 radical (unpaired) electrons. The number of rotatable bonds is 2. The summed E-state index contributed by atoms with van der Waals surface area (Å²) in [5, 5.41) is 2.99. The average Bonchev–Trinajstić information content (AvgIpc) is 2.58. The van der Waals surface area contributed by atoms with Gasteiger partial charge in [-0.3, -0.25) is 9.79 Å². The van der Waals surface area contributed by atoms with Gasteiger partial charge >= 0.3 is 0 Å². The van der Waals surface area contributed by atoms with Crippen molar-refractivity contribution in [3.63, 3.8) is 0 Å². The van der Waals surface area contributed by atoms with Gasteiger partial charge in [0.15, 0.2) is 0 Å². The van der Waals surface area contributed by atoms with Gasteiger partial charge < -0.3 is 5.32 Å². The Morgan fingerprint density at radius 1 is 1.18 bits per heavy atom. The average molecular weight is 357 g/mol. The van der Waals surface area contributed by atoms with Crippen LogP contribution in [0.25, 0.3) is 0 Å². The molecule has 1 amide bonds. The summed E-state index contributed by atoms with van der Waals surface area (Å²) in [6.07, 6.45) is 0.611. The molecule has 0 aromatic heterocycles. The van der Waals surface area contributed by atoms with Crippen LogP contribution in [0.3, 0.4) is 0 Å². The van der Waals surface area contributed by atoms with Crippen LogP contribution in [-0.2, 0) is 11.2 Å². The Morgan fingerprint density at radius 3 is 2.77 bits per heavy atom. The molecule has 3 nitrogen and oxygen atoms in total. The van der Waals surface area contributed by atoms with Crippen LogP contribution in [-0.4, -0.2) is 17.7 Å². The fourth-order valence-electron chi connectivity index (χ4n) is 2.70. The summed E-state index contributed by atoms with van der Waals surface area (Å²) in [6, 6.07) is 13.6. The van der Waals surface area contributed by atoms with Crippen molar-refractivity contribution in [2.75, 3.05) is 5.32 Å². The van der Waals surface area contributed by atoms with Gasteiger partial charge in [-0.1, -0.05) is 45.8 Å². The molecule has 1 aliphatic rings. The second kappa shape index (κ2) is 6.05. The molecule has 1 unspecified atom stereocenters. The van der Waals surface area contributed by atoms with Gasteiger partial charge in [0.2, 0.25) is 5.91 Å². The highest BCUT2D eigenvalue weighted by atomic mass is 79.9. The number of carbonyl (C=O) groups is 1. The van der Waals surface area contributed by atoms with Crippen molar-refractivity contribution in [1.82, 2.24) is 0 Å². The molecule has 0 saturated carbocycles. The largest absolute Gasteiger partial charge is 0.324 e. The molecule has 0 fully saturated rings. The lowest BCUT2D eigenvalue weighted by atomic mass is 10.0. The van der Waals surface area contributed by atoms with Gasteiger partial charge in [0, 0.05) is 27.9 Å². The van der Waals surface area contributed by atoms with Gasteiger partial charge in [-0.05, 0) is 37.6 Å². The van der Waals surface area contributed by atoms with Crippen molar-refractivity contribution in [3.8, 4) is 0 Å². The first-order chi connectivity index (χ1) is 10.5. The number of anilines is 1. The zero-order valence-electron chi connectivity index (χ0n) is 12.6. The molecule has 22 heavy (non-hydrogen) atoms. The first-order valence-corrected chi connectivity index (χ1v) is 8.03. The quantitative estimate of drug-likeness (QED) is 0.863. The van der Waals surface area contributed by atoms with Gasteiger partial charge in [0.05, 0.1) is 0 Å². The SMILES string of the molecule is CC1=NC(Cc2cccc(C)c2)C(=O)Nc2ccc(Br)cc21. The zero-order chi connectivity index (χ0) is 15.7. The van der Waals surface area contributed by atoms with Crippen LogP contribution in [0.4, 0.5) is 5.69 Å². The van der Waals surface area contributed by atoms with E-state index in [0.29, 0.717) is 6.42 Å². The molecule has 0 aliphatic carbocycles. The lowest BCUT2D eigenvalue weighted by molar-refractivity contribution is -0.117. The van der Waals surface area contributed by atoms with E-state index in [9.17, 15) is 4.79 Å². The minimum atomic E-state index is -0.395. The Kier molecular flexibility index (Phi) is 4.12. The van der Waals surface area contributed by atoms with Gasteiger partial charge in [-0.15, -0.1) is 0 Å². The van der Waals surface area contributed by atoms with Crippen molar-refractivity contribution in [1.29, 1.82) is 0 Å². The number of aryl methyl sites for hydroxylation is 1. The minimum Gasteiger partial charge on any atom is -0.324 e. The van der Waals surface area contributed by atoms with E-state index in [4.69, 9.17) is 0 Å². The predicted molar refractivity (Wildman–Crippen MR) is 93.7 cm³/mol. The van der Waals surface area contributed by atoms with E-state index >= 15 is 0 Å². The lowest BCUT2D eigenvalue weighted by Gasteiger charge is -2.11. The number of aliphatic imine (C=N–C) groups is 1. The molecule has 1 atom stereocenters. The maximum Gasteiger partial charge on any atom is 0.249 e. The number of benzene rings is 2. The molecular formula is C18H17BrN2O. The molecule has 1 N–H and O–H groups in total. The van der Waals surface area contributed by atoms with Gasteiger partial charge in [-0.25, -0.2) is 0 Å². The monoisotopic (exact) mass is 356 g/mol. The molecule has 3 rings (SSSR count). The van der Waals surface area contributed by atoms with Crippen molar-refractivity contribution < 1.29 is 4.79 Å². The van der Waals surface area contributed by atoms with E-state index in [1.54, 1.807) is 0 Å². The Morgan fingerprint density at radius 2 is 2.00 bits per heavy atom. The van der Waals surface area contributed by atoms with Crippen LogP contribution in [0.1, 0.15) is 23.6 Å². The molecule has 4 heteroatoms. The van der Waals surface area contributed by atoms with Crippen LogP contribution in [0.2, 0.25) is 0 Å². The highest BCUT2D eigenvalue weighted by molar-refractivity contribution is 9.10. The summed E-state index contributed by atoms with van der Waals surface area (Å²) in [7, 11) is 0. The van der Waals surface area contributed by atoms with Crippen LogP contribution < -0.4 is 5.32 Å². The van der Waals surface area contributed by atoms with E-state index < -0.39 is 6.04 Å². The zero-order valence-corrected chi connectivity index (χ0v) is 14.1. The summed E-state index contributed by atoms with van der Waals surface area (Å²) in [5.41, 5.74) is 4.99. The van der Waals surface area contributed by atoms with E-state index in [-0.39, 0.29) is 5.91 Å². The lowest BCUT2D eigenvalue weighted by Crippen LogP contribution is -2.27. The van der Waals surface area contributed by atoms with Crippen molar-refractivity contribution in [2.24, 2.45) is 4.99 Å². The smallest absolute Gasteiger partial charge is 0.249 e. The van der Waals surface area contributed by atoms with Crippen LogP contribution in [0, 0.1) is 6.92 Å². The summed E-state index contributed by atoms with van der Waals surface area (Å²) in [4.78, 5) is 17.1. The van der Waals surface area contributed by atoms with E-state index in [1.807, 2.05) is 37.3 Å². The number of hydrogen-bond donors (Lipinski definition) is 1. The third-order valence-corrected chi connectivity index (χ3v) is 4.29. The molecule has 1 heterocycles. The molecule has 0 saturated heterocycles. The number of benzodiazepines with no additional fused rings is 1. The van der Waals surface area contributed by atoms with Crippen molar-refractivity contribution >= 4 is 33.2 Å². The number of nitrogens with one attached hydrogen (secondary N) is 1. The van der Waals surface area contributed by atoms with Gasteiger partial charge in [-0.2, -0.15) is 0 Å². The normalized spacial score (nSPS) is 17.3. The Bertz CT molecular complexity index is 767. The number of carbonyl (C=O) groups excluding carboxylic acids is 1. The maximum atomic E-state index is 12.5. The summed E-state index contributed by atoms with van der Waals surface area (Å²) >= 11 is 3.47. The summed E-state index contributed by atoms with van der Waals surface area (Å²) < 4.78 is 0.979. The highest BCUT2D eigenvalue weighted by Crippen LogP contribution is 2.25. The molecule has 2 aromatic rings. The summed E-state index contributed by atoms with van der Waals surface area (Å²) in [6.45, 7) is 4.01. The molecule has 0 bridgehead atoms. The topological polar surface area (TPSA) is 41.5 Å². The summed E-state index contributed by atoms with van der Waals surface area (Å²) in [5.74, 6) is -0.0538. The first-order valence-electron chi connectivity index (χ1n) is 7.23. The van der Waals surface area contributed by atoms with E-state index in [0.717, 1.165) is 27.0 Å². The second-order valence-electron chi connectivity index (χ2n) is 5.60. The number of halogens is 1. The first kappa shape index (κ1) is 15.0. The highest BCUT2D eigenvalue weighted by Gasteiger charge is 2.23. The Balaban J connectivity index is 1.93. The predicted octanol–water partition coefficient (Wildman–Crippen LogP) is 4.13. The third-order valence-electron chi connectivity index (χ3n) is 3.79. The maximum absolute atomic E-state index is 12.5. The van der Waals surface area contributed by atoms with Gasteiger partial charge in [0.1, 0.15) is 6.04 Å². The fraction of sp³-hybridized carbons (Fsp3) is 0.222. The Hall–Kier alpha value is -1.94. The van der Waals surface area contributed by atoms with Crippen molar-refractivity contribution in [2.45, 2.75) is 26.3 Å². The van der Waals surface area contributed by atoms with Crippen LogP contribution in [0.15, 0.2) is 51.9 Å². The van der Waals surface area contributed by atoms with E-state index in [2.05, 4.69) is 45.3 Å². The fourth-order valence-corrected chi connectivity index (χ4v) is 3.06. The number of hydrogen-bond acceptors (Lipinski definition) is 2.